The van der Waals surface area contributed by atoms with Crippen LogP contribution in [0, 0.1) is 11.3 Å². The van der Waals surface area contributed by atoms with Gasteiger partial charge in [0.2, 0.25) is 0 Å². The van der Waals surface area contributed by atoms with Gasteiger partial charge in [-0.1, -0.05) is 41.5 Å². The summed E-state index contributed by atoms with van der Waals surface area (Å²) >= 11 is 16.8. The van der Waals surface area contributed by atoms with Crippen LogP contribution in [0.25, 0.3) is 17.4 Å². The van der Waals surface area contributed by atoms with Crippen LogP contribution in [0.4, 0.5) is 0 Å². The zero-order valence-electron chi connectivity index (χ0n) is 10.1. The molecule has 2 rings (SSSR count). The third-order valence-electron chi connectivity index (χ3n) is 2.52. The average Bonchev–Trinajstić information content (AvgIpc) is 2.87. The molecule has 1 aromatic carbocycles. The number of nitriles is 1. The molecule has 20 heavy (non-hydrogen) atoms. The van der Waals surface area contributed by atoms with Gasteiger partial charge in [-0.2, -0.15) is 5.26 Å². The second kappa shape index (κ2) is 6.10. The Hall–Kier alpha value is -1.80. The highest BCUT2D eigenvalue weighted by molar-refractivity contribution is 7.80. The van der Waals surface area contributed by atoms with Gasteiger partial charge < -0.3 is 10.2 Å². The van der Waals surface area contributed by atoms with E-state index in [1.54, 1.807) is 30.3 Å². The van der Waals surface area contributed by atoms with Crippen LogP contribution in [-0.2, 0) is 0 Å². The molecule has 0 saturated heterocycles. The van der Waals surface area contributed by atoms with Crippen LogP contribution in [-0.4, -0.2) is 4.99 Å². The summed E-state index contributed by atoms with van der Waals surface area (Å²) in [6.45, 7) is 0. The Balaban J connectivity index is 2.42. The van der Waals surface area contributed by atoms with Crippen molar-refractivity contribution in [3.8, 4) is 17.4 Å². The molecule has 0 saturated carbocycles. The fourth-order valence-electron chi connectivity index (χ4n) is 1.57. The highest BCUT2D eigenvalue weighted by atomic mass is 35.5. The molecule has 0 aliphatic rings. The zero-order valence-corrected chi connectivity index (χ0v) is 12.4. The molecule has 0 spiro atoms. The van der Waals surface area contributed by atoms with Crippen LogP contribution in [0.2, 0.25) is 10.0 Å². The number of hydrogen-bond donors (Lipinski definition) is 1. The van der Waals surface area contributed by atoms with Crippen LogP contribution in [0.3, 0.4) is 0 Å². The molecular weight excluding hydrogens is 315 g/mol. The highest BCUT2D eigenvalue weighted by Crippen LogP contribution is 2.34. The first-order chi connectivity index (χ1) is 9.52. The Morgan fingerprint density at radius 3 is 2.70 bits per heavy atom. The fraction of sp³-hybridized carbons (Fsp3) is 0. The van der Waals surface area contributed by atoms with Gasteiger partial charge in [-0.25, -0.2) is 0 Å². The minimum Gasteiger partial charge on any atom is -0.457 e. The highest BCUT2D eigenvalue weighted by Gasteiger charge is 2.11. The predicted molar refractivity (Wildman–Crippen MR) is 84.5 cm³/mol. The number of thiocarbonyl (C=S) groups is 1. The maximum Gasteiger partial charge on any atom is 0.136 e. The standard InChI is InChI=1S/C14H8Cl2N2OS/c15-11-3-1-2-10(13(11)16)12-5-4-9(19-12)6-8(7-17)14(18)20/h1-6H,(H2,18,20)/b8-6+. The molecule has 1 aromatic heterocycles. The molecule has 2 aromatic rings. The number of nitrogens with two attached hydrogens (primary N) is 1. The summed E-state index contributed by atoms with van der Waals surface area (Å²) in [5.74, 6) is 1.00. The minimum atomic E-state index is 0.0197. The maximum absolute atomic E-state index is 8.90. The number of benzene rings is 1. The second-order valence-electron chi connectivity index (χ2n) is 3.84. The Labute approximate surface area is 131 Å². The van der Waals surface area contributed by atoms with Crippen molar-refractivity contribution in [2.45, 2.75) is 0 Å². The molecule has 3 nitrogen and oxygen atoms in total. The molecule has 1 heterocycles. The number of halogens is 2. The van der Waals surface area contributed by atoms with Crippen molar-refractivity contribution in [3.05, 3.63) is 51.7 Å². The molecule has 0 atom stereocenters. The fourth-order valence-corrected chi connectivity index (χ4v) is 2.07. The first-order valence-electron chi connectivity index (χ1n) is 5.48. The lowest BCUT2D eigenvalue weighted by molar-refractivity contribution is 0.571. The Bertz CT molecular complexity index is 744. The molecule has 0 amide bonds. The number of nitrogens with zero attached hydrogens (tertiary/aromatic N) is 1. The SMILES string of the molecule is N#C/C(=C\c1ccc(-c2cccc(Cl)c2Cl)o1)C(N)=S. The Morgan fingerprint density at radius 2 is 2.05 bits per heavy atom. The van der Waals surface area contributed by atoms with Gasteiger partial charge in [0.15, 0.2) is 0 Å². The van der Waals surface area contributed by atoms with Gasteiger partial charge in [-0.15, -0.1) is 0 Å². The first kappa shape index (κ1) is 14.6. The largest absolute Gasteiger partial charge is 0.457 e. The summed E-state index contributed by atoms with van der Waals surface area (Å²) in [5.41, 5.74) is 6.27. The summed E-state index contributed by atoms with van der Waals surface area (Å²) in [6.07, 6.45) is 1.48. The van der Waals surface area contributed by atoms with Gasteiger partial charge in [-0.3, -0.25) is 0 Å². The van der Waals surface area contributed by atoms with E-state index < -0.39 is 0 Å². The van der Waals surface area contributed by atoms with Crippen LogP contribution in [0.5, 0.6) is 0 Å². The normalized spacial score (nSPS) is 11.2. The van der Waals surface area contributed by atoms with E-state index in [1.165, 1.54) is 6.08 Å². The lowest BCUT2D eigenvalue weighted by Crippen LogP contribution is -2.09. The van der Waals surface area contributed by atoms with Gasteiger partial charge in [0.25, 0.3) is 0 Å². The monoisotopic (exact) mass is 322 g/mol. The molecule has 6 heteroatoms. The van der Waals surface area contributed by atoms with Crippen LogP contribution in [0.1, 0.15) is 5.76 Å². The van der Waals surface area contributed by atoms with Gasteiger partial charge in [-0.05, 0) is 24.3 Å². The summed E-state index contributed by atoms with van der Waals surface area (Å²) in [7, 11) is 0. The molecular formula is C14H8Cl2N2OS. The van der Waals surface area contributed by atoms with Gasteiger partial charge in [0.05, 0.1) is 15.6 Å². The molecule has 0 bridgehead atoms. The van der Waals surface area contributed by atoms with Crippen molar-refractivity contribution in [3.63, 3.8) is 0 Å². The lowest BCUT2D eigenvalue weighted by Gasteiger charge is -2.02. The molecule has 2 N–H and O–H groups in total. The summed E-state index contributed by atoms with van der Waals surface area (Å²) in [4.78, 5) is 0.0197. The van der Waals surface area contributed by atoms with Crippen molar-refractivity contribution < 1.29 is 4.42 Å². The molecule has 0 unspecified atom stereocenters. The minimum absolute atomic E-state index is 0.0197. The quantitative estimate of drug-likeness (QED) is 0.515. The molecule has 100 valence electrons. The van der Waals surface area contributed by atoms with E-state index >= 15 is 0 Å². The van der Waals surface area contributed by atoms with Crippen molar-refractivity contribution >= 4 is 46.5 Å². The zero-order chi connectivity index (χ0) is 14.7. The smallest absolute Gasteiger partial charge is 0.136 e. The van der Waals surface area contributed by atoms with E-state index in [-0.39, 0.29) is 10.6 Å². The van der Waals surface area contributed by atoms with Crippen LogP contribution in [0.15, 0.2) is 40.3 Å². The van der Waals surface area contributed by atoms with E-state index in [4.69, 9.17) is 50.8 Å². The predicted octanol–water partition coefficient (Wildman–Crippen LogP) is 4.45. The first-order valence-corrected chi connectivity index (χ1v) is 6.65. The maximum atomic E-state index is 8.90. The summed E-state index contributed by atoms with van der Waals surface area (Å²) in [6, 6.07) is 10.6. The second-order valence-corrected chi connectivity index (χ2v) is 5.06. The van der Waals surface area contributed by atoms with E-state index in [1.807, 2.05) is 6.07 Å². The summed E-state index contributed by atoms with van der Waals surface area (Å²) < 4.78 is 5.60. The third kappa shape index (κ3) is 3.02. The van der Waals surface area contributed by atoms with Crippen molar-refractivity contribution in [2.24, 2.45) is 5.73 Å². The molecule has 0 aliphatic carbocycles. The van der Waals surface area contributed by atoms with Gasteiger partial charge >= 0.3 is 0 Å². The Morgan fingerprint density at radius 1 is 1.30 bits per heavy atom. The van der Waals surface area contributed by atoms with Crippen molar-refractivity contribution in [1.29, 1.82) is 5.26 Å². The molecule has 0 fully saturated rings. The van der Waals surface area contributed by atoms with E-state index in [0.717, 1.165) is 0 Å². The number of hydrogen-bond acceptors (Lipinski definition) is 3. The topological polar surface area (TPSA) is 63.0 Å². The van der Waals surface area contributed by atoms with Crippen molar-refractivity contribution in [2.75, 3.05) is 0 Å². The van der Waals surface area contributed by atoms with Gasteiger partial charge in [0, 0.05) is 11.6 Å². The average molecular weight is 323 g/mol. The van der Waals surface area contributed by atoms with Crippen molar-refractivity contribution in [1.82, 2.24) is 0 Å². The lowest BCUT2D eigenvalue weighted by atomic mass is 10.2. The van der Waals surface area contributed by atoms with Crippen LogP contribution >= 0.6 is 35.4 Å². The number of rotatable bonds is 3. The molecule has 0 aliphatic heterocycles. The third-order valence-corrected chi connectivity index (χ3v) is 3.56. The van der Waals surface area contributed by atoms with Crippen LogP contribution < -0.4 is 5.73 Å². The van der Waals surface area contributed by atoms with E-state index in [2.05, 4.69) is 0 Å². The number of furan rings is 1. The Kier molecular flexibility index (Phi) is 4.46. The van der Waals surface area contributed by atoms with E-state index in [9.17, 15) is 0 Å². The van der Waals surface area contributed by atoms with E-state index in [0.29, 0.717) is 27.1 Å². The van der Waals surface area contributed by atoms with Gasteiger partial charge in [0.1, 0.15) is 22.6 Å². The molecule has 0 radical (unpaired) electrons. The summed E-state index contributed by atoms with van der Waals surface area (Å²) in [5, 5.41) is 9.75.